The first-order valence-electron chi connectivity index (χ1n) is 4.69. The minimum absolute atomic E-state index is 0.134. The fourth-order valence-corrected chi connectivity index (χ4v) is 1.82. The molecule has 80 valence electrons. The first-order valence-corrected chi connectivity index (χ1v) is 5.94. The van der Waals surface area contributed by atoms with Crippen LogP contribution in [0.5, 0.6) is 0 Å². The topological polar surface area (TPSA) is 26.3 Å². The summed E-state index contributed by atoms with van der Waals surface area (Å²) in [6.45, 7) is 3.78. The molecule has 0 fully saturated rings. The maximum absolute atomic E-state index is 11.4. The van der Waals surface area contributed by atoms with Crippen LogP contribution in [0.1, 0.15) is 5.56 Å². The molecule has 0 saturated heterocycles. The number of esters is 1. The van der Waals surface area contributed by atoms with E-state index in [9.17, 15) is 4.79 Å². The second-order valence-electron chi connectivity index (χ2n) is 3.08. The molecule has 1 aromatic carbocycles. The zero-order chi connectivity index (χ0) is 11.1. The molecule has 0 spiro atoms. The van der Waals surface area contributed by atoms with Crippen molar-refractivity contribution in [3.8, 4) is 0 Å². The number of carbonyl (C=O) groups is 1. The highest BCUT2D eigenvalue weighted by Gasteiger charge is 2.15. The summed E-state index contributed by atoms with van der Waals surface area (Å²) in [4.78, 5) is 11.4. The Morgan fingerprint density at radius 1 is 1.47 bits per heavy atom. The lowest BCUT2D eigenvalue weighted by Crippen LogP contribution is -2.19. The fraction of sp³-hybridized carbons (Fsp3) is 0.250. The van der Waals surface area contributed by atoms with Crippen LogP contribution in [-0.2, 0) is 16.0 Å². The Morgan fingerprint density at radius 3 is 2.73 bits per heavy atom. The number of halogens is 1. The second kappa shape index (κ2) is 6.61. The smallest absolute Gasteiger partial charge is 0.319 e. The maximum Gasteiger partial charge on any atom is 0.319 e. The Morgan fingerprint density at radius 2 is 2.13 bits per heavy atom. The average Bonchev–Trinajstić information content (AvgIpc) is 2.27. The minimum atomic E-state index is -0.181. The van der Waals surface area contributed by atoms with Crippen LogP contribution in [0.2, 0.25) is 0 Å². The highest BCUT2D eigenvalue weighted by Crippen LogP contribution is 2.11. The zero-order valence-corrected chi connectivity index (χ0v) is 10.5. The number of benzene rings is 1. The van der Waals surface area contributed by atoms with Crippen LogP contribution < -0.4 is 0 Å². The lowest BCUT2D eigenvalue weighted by molar-refractivity contribution is -0.141. The third-order valence-electron chi connectivity index (χ3n) is 1.86. The van der Waals surface area contributed by atoms with Crippen LogP contribution in [-0.4, -0.2) is 16.5 Å². The van der Waals surface area contributed by atoms with E-state index in [1.807, 2.05) is 30.3 Å². The van der Waals surface area contributed by atoms with Crippen LogP contribution in [0.3, 0.4) is 0 Å². The van der Waals surface area contributed by atoms with Crippen molar-refractivity contribution in [3.63, 3.8) is 0 Å². The highest BCUT2D eigenvalue weighted by atomic mass is 127. The number of ether oxygens (including phenoxy) is 1. The number of carbonyl (C=O) groups excluding carboxylic acids is 1. The van der Waals surface area contributed by atoms with E-state index >= 15 is 0 Å². The van der Waals surface area contributed by atoms with E-state index in [0.29, 0.717) is 6.42 Å². The first-order chi connectivity index (χ1) is 7.24. The fourth-order valence-electron chi connectivity index (χ4n) is 1.14. The van der Waals surface area contributed by atoms with E-state index in [2.05, 4.69) is 29.2 Å². The molecule has 0 saturated carbocycles. The third kappa shape index (κ3) is 4.46. The van der Waals surface area contributed by atoms with Crippen LogP contribution in [0.4, 0.5) is 0 Å². The van der Waals surface area contributed by atoms with E-state index in [1.165, 1.54) is 0 Å². The number of hydrogen-bond donors (Lipinski definition) is 0. The van der Waals surface area contributed by atoms with Gasteiger partial charge in [0.2, 0.25) is 0 Å². The van der Waals surface area contributed by atoms with Gasteiger partial charge in [-0.25, -0.2) is 0 Å². The van der Waals surface area contributed by atoms with E-state index in [4.69, 9.17) is 4.74 Å². The molecular weight excluding hydrogens is 303 g/mol. The predicted octanol–water partition coefficient (Wildman–Crippen LogP) is 2.76. The Labute approximate surface area is 103 Å². The Bertz CT molecular complexity index is 322. The lowest BCUT2D eigenvalue weighted by Gasteiger charge is -2.08. The molecule has 1 rings (SSSR count). The molecule has 2 nitrogen and oxygen atoms in total. The number of rotatable bonds is 5. The van der Waals surface area contributed by atoms with Gasteiger partial charge in [0.1, 0.15) is 10.5 Å². The lowest BCUT2D eigenvalue weighted by atomic mass is 10.1. The average molecular weight is 316 g/mol. The number of alkyl halides is 1. The van der Waals surface area contributed by atoms with Gasteiger partial charge in [-0.1, -0.05) is 65.6 Å². The molecule has 0 aliphatic carbocycles. The first kappa shape index (κ1) is 12.2. The van der Waals surface area contributed by atoms with Crippen molar-refractivity contribution in [1.82, 2.24) is 0 Å². The molecule has 0 aliphatic heterocycles. The van der Waals surface area contributed by atoms with Gasteiger partial charge in [0.05, 0.1) is 0 Å². The van der Waals surface area contributed by atoms with Crippen molar-refractivity contribution in [1.29, 1.82) is 0 Å². The van der Waals surface area contributed by atoms with Crippen molar-refractivity contribution in [2.75, 3.05) is 6.61 Å². The molecule has 1 aromatic rings. The van der Waals surface area contributed by atoms with Crippen LogP contribution in [0, 0.1) is 0 Å². The molecule has 0 aromatic heterocycles. The standard InChI is InChI=1S/C12H13IO2/c1-2-8-15-12(14)11(13)9-10-6-4-3-5-7-10/h2-7,11H,1,8-9H2. The summed E-state index contributed by atoms with van der Waals surface area (Å²) in [7, 11) is 0. The van der Waals surface area contributed by atoms with E-state index in [1.54, 1.807) is 6.08 Å². The quantitative estimate of drug-likeness (QED) is 0.361. The largest absolute Gasteiger partial charge is 0.461 e. The van der Waals surface area contributed by atoms with Crippen molar-refractivity contribution in [2.24, 2.45) is 0 Å². The summed E-state index contributed by atoms with van der Waals surface area (Å²) >= 11 is 2.10. The van der Waals surface area contributed by atoms with Gasteiger partial charge < -0.3 is 4.74 Å². The van der Waals surface area contributed by atoms with Gasteiger partial charge in [-0.15, -0.1) is 0 Å². The van der Waals surface area contributed by atoms with Crippen molar-refractivity contribution >= 4 is 28.6 Å². The van der Waals surface area contributed by atoms with Crippen molar-refractivity contribution < 1.29 is 9.53 Å². The Balaban J connectivity index is 2.45. The molecule has 3 heteroatoms. The Kier molecular flexibility index (Phi) is 5.39. The maximum atomic E-state index is 11.4. The van der Waals surface area contributed by atoms with E-state index in [-0.39, 0.29) is 16.5 Å². The minimum Gasteiger partial charge on any atom is -0.461 e. The van der Waals surface area contributed by atoms with Gasteiger partial charge in [-0.05, 0) is 12.0 Å². The van der Waals surface area contributed by atoms with Gasteiger partial charge in [0, 0.05) is 0 Å². The molecule has 0 N–H and O–H groups in total. The summed E-state index contributed by atoms with van der Waals surface area (Å²) in [6.07, 6.45) is 2.28. The molecule has 0 aliphatic rings. The van der Waals surface area contributed by atoms with Gasteiger partial charge in [0.15, 0.2) is 0 Å². The molecule has 1 unspecified atom stereocenters. The summed E-state index contributed by atoms with van der Waals surface area (Å²) in [5.74, 6) is -0.181. The second-order valence-corrected chi connectivity index (χ2v) is 4.58. The summed E-state index contributed by atoms with van der Waals surface area (Å²) in [5, 5.41) is 0. The van der Waals surface area contributed by atoms with Gasteiger partial charge in [0.25, 0.3) is 0 Å². The Hall–Kier alpha value is -0.840. The van der Waals surface area contributed by atoms with Crippen LogP contribution in [0.25, 0.3) is 0 Å². The van der Waals surface area contributed by atoms with Crippen molar-refractivity contribution in [3.05, 3.63) is 48.6 Å². The molecule has 0 radical (unpaired) electrons. The number of hydrogen-bond acceptors (Lipinski definition) is 2. The van der Waals surface area contributed by atoms with Crippen molar-refractivity contribution in [2.45, 2.75) is 10.3 Å². The highest BCUT2D eigenvalue weighted by molar-refractivity contribution is 14.1. The molecule has 1 atom stereocenters. The molecular formula is C12H13IO2. The summed E-state index contributed by atoms with van der Waals surface area (Å²) < 4.78 is 4.83. The predicted molar refractivity (Wildman–Crippen MR) is 69.1 cm³/mol. The molecule has 0 amide bonds. The SMILES string of the molecule is C=CCOC(=O)C(I)Cc1ccccc1. The van der Waals surface area contributed by atoms with E-state index in [0.717, 1.165) is 5.56 Å². The molecule has 0 bridgehead atoms. The van der Waals surface area contributed by atoms with Gasteiger partial charge in [-0.3, -0.25) is 4.79 Å². The summed E-state index contributed by atoms with van der Waals surface area (Å²) in [6, 6.07) is 9.90. The molecule has 15 heavy (non-hydrogen) atoms. The van der Waals surface area contributed by atoms with E-state index < -0.39 is 0 Å². The van der Waals surface area contributed by atoms with Gasteiger partial charge >= 0.3 is 5.97 Å². The summed E-state index contributed by atoms with van der Waals surface area (Å²) in [5.41, 5.74) is 1.15. The zero-order valence-electron chi connectivity index (χ0n) is 8.36. The van der Waals surface area contributed by atoms with Crippen LogP contribution in [0.15, 0.2) is 43.0 Å². The molecule has 0 heterocycles. The van der Waals surface area contributed by atoms with Gasteiger partial charge in [-0.2, -0.15) is 0 Å². The normalized spacial score (nSPS) is 11.8. The third-order valence-corrected chi connectivity index (χ3v) is 2.81. The van der Waals surface area contributed by atoms with Crippen LogP contribution >= 0.6 is 22.6 Å². The monoisotopic (exact) mass is 316 g/mol.